The van der Waals surface area contributed by atoms with Crippen LogP contribution in [-0.4, -0.2) is 48.7 Å². The lowest BCUT2D eigenvalue weighted by Gasteiger charge is -2.22. The van der Waals surface area contributed by atoms with E-state index in [4.69, 9.17) is 9.26 Å². The predicted octanol–water partition coefficient (Wildman–Crippen LogP) is 1.46. The Balaban J connectivity index is 1.63. The van der Waals surface area contributed by atoms with E-state index in [9.17, 15) is 13.2 Å². The van der Waals surface area contributed by atoms with E-state index in [-0.39, 0.29) is 18.5 Å². The van der Waals surface area contributed by atoms with Crippen molar-refractivity contribution in [3.05, 3.63) is 11.7 Å². The van der Waals surface area contributed by atoms with Gasteiger partial charge in [0.05, 0.1) is 19.1 Å². The highest BCUT2D eigenvalue weighted by molar-refractivity contribution is 4.84. The van der Waals surface area contributed by atoms with Crippen molar-refractivity contribution < 1.29 is 27.2 Å². The second-order valence-electron chi connectivity index (χ2n) is 4.78. The van der Waals surface area contributed by atoms with Gasteiger partial charge in [-0.1, -0.05) is 5.16 Å². The van der Waals surface area contributed by atoms with Crippen LogP contribution in [0.4, 0.5) is 13.2 Å². The summed E-state index contributed by atoms with van der Waals surface area (Å²) >= 11 is 0. The number of rotatable bonds is 7. The third-order valence-electron chi connectivity index (χ3n) is 2.96. The van der Waals surface area contributed by atoms with E-state index in [2.05, 4.69) is 20.2 Å². The summed E-state index contributed by atoms with van der Waals surface area (Å²) in [6, 6.07) is 0. The minimum absolute atomic E-state index is 0.108. The molecule has 0 saturated carbocycles. The standard InChI is InChI=1S/C12H18F3N3O3/c13-12(14,15)8-19-7-10-17-11(21-18-10)3-6-20-9-1-4-16-5-2-9/h9,16H,1-8H2. The average molecular weight is 309 g/mol. The van der Waals surface area contributed by atoms with Gasteiger partial charge in [0.2, 0.25) is 5.89 Å². The van der Waals surface area contributed by atoms with Gasteiger partial charge in [0.25, 0.3) is 0 Å². The summed E-state index contributed by atoms with van der Waals surface area (Å²) in [5, 5.41) is 6.80. The highest BCUT2D eigenvalue weighted by Crippen LogP contribution is 2.15. The summed E-state index contributed by atoms with van der Waals surface area (Å²) in [6.07, 6.45) is -1.73. The Bertz CT molecular complexity index is 419. The largest absolute Gasteiger partial charge is 0.411 e. The van der Waals surface area contributed by atoms with Crippen LogP contribution in [0.25, 0.3) is 0 Å². The molecule has 21 heavy (non-hydrogen) atoms. The van der Waals surface area contributed by atoms with E-state index in [0.29, 0.717) is 18.9 Å². The summed E-state index contributed by atoms with van der Waals surface area (Å²) in [5.74, 6) is 0.450. The van der Waals surface area contributed by atoms with E-state index in [1.807, 2.05) is 0 Å². The molecule has 1 aliphatic rings. The third-order valence-corrected chi connectivity index (χ3v) is 2.96. The number of hydrogen-bond acceptors (Lipinski definition) is 6. The molecule has 1 N–H and O–H groups in total. The van der Waals surface area contributed by atoms with Gasteiger partial charge in [-0.2, -0.15) is 18.2 Å². The average Bonchev–Trinajstić information content (AvgIpc) is 2.86. The van der Waals surface area contributed by atoms with Crippen molar-refractivity contribution in [2.24, 2.45) is 0 Å². The van der Waals surface area contributed by atoms with Gasteiger partial charge in [-0.05, 0) is 25.9 Å². The molecule has 0 spiro atoms. The van der Waals surface area contributed by atoms with E-state index in [0.717, 1.165) is 25.9 Å². The zero-order chi connectivity index (χ0) is 15.1. The Hall–Kier alpha value is -1.19. The van der Waals surface area contributed by atoms with Gasteiger partial charge < -0.3 is 19.3 Å². The number of piperidine rings is 1. The highest BCUT2D eigenvalue weighted by Gasteiger charge is 2.27. The normalized spacial score (nSPS) is 17.3. The molecule has 0 amide bonds. The van der Waals surface area contributed by atoms with Crippen molar-refractivity contribution in [3.8, 4) is 0 Å². The maximum absolute atomic E-state index is 11.9. The van der Waals surface area contributed by atoms with Gasteiger partial charge in [-0.25, -0.2) is 0 Å². The fraction of sp³-hybridized carbons (Fsp3) is 0.833. The summed E-state index contributed by atoms with van der Waals surface area (Å²) in [7, 11) is 0. The first-order valence-corrected chi connectivity index (χ1v) is 6.81. The van der Waals surface area contributed by atoms with E-state index >= 15 is 0 Å². The zero-order valence-electron chi connectivity index (χ0n) is 11.5. The summed E-state index contributed by atoms with van der Waals surface area (Å²) in [5.41, 5.74) is 0. The van der Waals surface area contributed by atoms with Crippen LogP contribution >= 0.6 is 0 Å². The minimum atomic E-state index is -4.35. The van der Waals surface area contributed by atoms with Gasteiger partial charge >= 0.3 is 6.18 Å². The van der Waals surface area contributed by atoms with Crippen molar-refractivity contribution in [2.45, 2.75) is 38.1 Å². The molecule has 1 fully saturated rings. The molecular weight excluding hydrogens is 291 g/mol. The van der Waals surface area contributed by atoms with Crippen LogP contribution in [-0.2, 0) is 22.5 Å². The molecule has 1 aliphatic heterocycles. The molecule has 0 atom stereocenters. The summed E-state index contributed by atoms with van der Waals surface area (Å²) in [6.45, 7) is 0.710. The fourth-order valence-electron chi connectivity index (χ4n) is 1.98. The molecule has 0 aliphatic carbocycles. The number of aromatic nitrogens is 2. The molecule has 9 heteroatoms. The van der Waals surface area contributed by atoms with E-state index in [1.165, 1.54) is 0 Å². The molecule has 120 valence electrons. The van der Waals surface area contributed by atoms with Crippen LogP contribution in [0.1, 0.15) is 24.6 Å². The fourth-order valence-corrected chi connectivity index (χ4v) is 1.98. The maximum atomic E-state index is 11.9. The van der Waals surface area contributed by atoms with E-state index in [1.54, 1.807) is 0 Å². The Morgan fingerprint density at radius 3 is 2.76 bits per heavy atom. The van der Waals surface area contributed by atoms with Crippen LogP contribution in [0, 0.1) is 0 Å². The molecule has 1 aromatic heterocycles. The lowest BCUT2D eigenvalue weighted by Crippen LogP contribution is -2.32. The number of nitrogens with zero attached hydrogens (tertiary/aromatic N) is 2. The molecule has 1 aromatic rings. The molecule has 6 nitrogen and oxygen atoms in total. The lowest BCUT2D eigenvalue weighted by molar-refractivity contribution is -0.177. The van der Waals surface area contributed by atoms with E-state index < -0.39 is 12.8 Å². The lowest BCUT2D eigenvalue weighted by atomic mass is 10.1. The van der Waals surface area contributed by atoms with Crippen LogP contribution in [0.3, 0.4) is 0 Å². The van der Waals surface area contributed by atoms with Crippen LogP contribution < -0.4 is 5.32 Å². The second kappa shape index (κ2) is 7.71. The van der Waals surface area contributed by atoms with Crippen molar-refractivity contribution in [1.82, 2.24) is 15.5 Å². The first-order valence-electron chi connectivity index (χ1n) is 6.81. The SMILES string of the molecule is FC(F)(F)COCc1noc(CCOC2CCNCC2)n1. The van der Waals surface area contributed by atoms with Crippen LogP contribution in [0.15, 0.2) is 4.52 Å². The Kier molecular flexibility index (Phi) is 5.95. The molecule has 2 rings (SSSR count). The number of hydrogen-bond donors (Lipinski definition) is 1. The molecule has 0 aromatic carbocycles. The first-order chi connectivity index (χ1) is 10.0. The number of halogens is 3. The van der Waals surface area contributed by atoms with Crippen molar-refractivity contribution in [2.75, 3.05) is 26.3 Å². The smallest absolute Gasteiger partial charge is 0.378 e. The second-order valence-corrected chi connectivity index (χ2v) is 4.78. The molecule has 0 radical (unpaired) electrons. The van der Waals surface area contributed by atoms with Gasteiger partial charge in [0, 0.05) is 0 Å². The van der Waals surface area contributed by atoms with Gasteiger partial charge in [-0.15, -0.1) is 0 Å². The van der Waals surface area contributed by atoms with Crippen molar-refractivity contribution in [3.63, 3.8) is 0 Å². The number of nitrogens with one attached hydrogen (secondary N) is 1. The molecule has 1 saturated heterocycles. The Labute approximate surface area is 120 Å². The first kappa shape index (κ1) is 16.2. The topological polar surface area (TPSA) is 69.4 Å². The van der Waals surface area contributed by atoms with Gasteiger partial charge in [0.1, 0.15) is 13.2 Å². The molecule has 2 heterocycles. The zero-order valence-corrected chi connectivity index (χ0v) is 11.5. The summed E-state index contributed by atoms with van der Waals surface area (Å²) < 4.78 is 50.7. The van der Waals surface area contributed by atoms with Crippen LogP contribution in [0.2, 0.25) is 0 Å². The van der Waals surface area contributed by atoms with Gasteiger partial charge in [-0.3, -0.25) is 0 Å². The molecule has 0 unspecified atom stereocenters. The maximum Gasteiger partial charge on any atom is 0.411 e. The van der Waals surface area contributed by atoms with Crippen molar-refractivity contribution >= 4 is 0 Å². The number of ether oxygens (including phenoxy) is 2. The Morgan fingerprint density at radius 1 is 1.29 bits per heavy atom. The third kappa shape index (κ3) is 6.40. The van der Waals surface area contributed by atoms with Gasteiger partial charge in [0.15, 0.2) is 5.82 Å². The minimum Gasteiger partial charge on any atom is -0.378 e. The highest BCUT2D eigenvalue weighted by atomic mass is 19.4. The Morgan fingerprint density at radius 2 is 2.05 bits per heavy atom. The van der Waals surface area contributed by atoms with Crippen LogP contribution in [0.5, 0.6) is 0 Å². The number of alkyl halides is 3. The van der Waals surface area contributed by atoms with Crippen molar-refractivity contribution in [1.29, 1.82) is 0 Å². The predicted molar refractivity (Wildman–Crippen MR) is 65.6 cm³/mol. The molecule has 0 bridgehead atoms. The quantitative estimate of drug-likeness (QED) is 0.822. The monoisotopic (exact) mass is 309 g/mol. The molecular formula is C12H18F3N3O3. The summed E-state index contributed by atoms with van der Waals surface area (Å²) in [4.78, 5) is 3.95.